The van der Waals surface area contributed by atoms with E-state index in [9.17, 15) is 4.79 Å². The third-order valence-corrected chi connectivity index (χ3v) is 2.43. The number of rotatable bonds is 4. The fourth-order valence-electron chi connectivity index (χ4n) is 1.53. The molecule has 0 radical (unpaired) electrons. The van der Waals surface area contributed by atoms with Gasteiger partial charge in [0.25, 0.3) is 0 Å². The Balaban J connectivity index is 2.00. The third kappa shape index (κ3) is 3.07. The first-order chi connectivity index (χ1) is 8.65. The van der Waals surface area contributed by atoms with Crippen molar-refractivity contribution in [3.8, 4) is 5.75 Å². The first-order valence-corrected chi connectivity index (χ1v) is 5.54. The number of hydrogen-bond donors (Lipinski definition) is 1. The van der Waals surface area contributed by atoms with Crippen LogP contribution in [0.3, 0.4) is 0 Å². The largest absolute Gasteiger partial charge is 0.487 e. The molecule has 0 aliphatic heterocycles. The molecular weight excluding hydrogens is 230 g/mol. The number of carboxylic acids is 1. The molecule has 1 aromatic heterocycles. The molecule has 92 valence electrons. The van der Waals surface area contributed by atoms with Gasteiger partial charge in [-0.15, -0.1) is 0 Å². The Bertz CT molecular complexity index is 549. The van der Waals surface area contributed by atoms with Gasteiger partial charge in [0, 0.05) is 5.69 Å². The summed E-state index contributed by atoms with van der Waals surface area (Å²) >= 11 is 0. The van der Waals surface area contributed by atoms with E-state index in [-0.39, 0.29) is 5.56 Å². The van der Waals surface area contributed by atoms with E-state index in [4.69, 9.17) is 9.84 Å². The van der Waals surface area contributed by atoms with Crippen molar-refractivity contribution in [3.05, 3.63) is 59.4 Å². The number of carboxylic acid groups (broad SMARTS) is 1. The van der Waals surface area contributed by atoms with Crippen LogP contribution in [0, 0.1) is 6.92 Å². The Labute approximate surface area is 105 Å². The van der Waals surface area contributed by atoms with E-state index in [1.54, 1.807) is 12.1 Å². The summed E-state index contributed by atoms with van der Waals surface area (Å²) in [5.41, 5.74) is 2.03. The molecule has 0 aliphatic rings. The number of benzene rings is 1. The second-order valence-electron chi connectivity index (χ2n) is 3.89. The SMILES string of the molecule is Cc1cccc(COc2ccc(C(=O)O)cc2)n1. The number of aromatic carboxylic acids is 1. The first kappa shape index (κ1) is 12.1. The van der Waals surface area contributed by atoms with Gasteiger partial charge in [0.1, 0.15) is 12.4 Å². The smallest absolute Gasteiger partial charge is 0.335 e. The Hall–Kier alpha value is -2.36. The highest BCUT2D eigenvalue weighted by molar-refractivity contribution is 5.87. The van der Waals surface area contributed by atoms with Crippen molar-refractivity contribution in [2.24, 2.45) is 0 Å². The van der Waals surface area contributed by atoms with Gasteiger partial charge in [0.05, 0.1) is 11.3 Å². The Morgan fingerprint density at radius 2 is 1.94 bits per heavy atom. The molecule has 2 rings (SSSR count). The molecule has 0 saturated heterocycles. The Morgan fingerprint density at radius 1 is 1.22 bits per heavy atom. The zero-order valence-electron chi connectivity index (χ0n) is 9.96. The molecule has 0 unspecified atom stereocenters. The molecule has 0 aliphatic carbocycles. The summed E-state index contributed by atoms with van der Waals surface area (Å²) in [6.45, 7) is 2.29. The lowest BCUT2D eigenvalue weighted by atomic mass is 10.2. The summed E-state index contributed by atoms with van der Waals surface area (Å²) in [6.07, 6.45) is 0. The second-order valence-corrected chi connectivity index (χ2v) is 3.89. The highest BCUT2D eigenvalue weighted by Crippen LogP contribution is 2.13. The number of aryl methyl sites for hydroxylation is 1. The van der Waals surface area contributed by atoms with Crippen molar-refractivity contribution in [2.75, 3.05) is 0 Å². The van der Waals surface area contributed by atoms with Crippen LogP contribution in [0.25, 0.3) is 0 Å². The summed E-state index contributed by atoms with van der Waals surface area (Å²) in [4.78, 5) is 15.0. The molecule has 0 bridgehead atoms. The van der Waals surface area contributed by atoms with E-state index < -0.39 is 5.97 Å². The highest BCUT2D eigenvalue weighted by Gasteiger charge is 2.02. The summed E-state index contributed by atoms with van der Waals surface area (Å²) < 4.78 is 5.53. The van der Waals surface area contributed by atoms with Crippen molar-refractivity contribution >= 4 is 5.97 Å². The minimum Gasteiger partial charge on any atom is -0.487 e. The number of hydrogen-bond acceptors (Lipinski definition) is 3. The number of nitrogens with zero attached hydrogens (tertiary/aromatic N) is 1. The first-order valence-electron chi connectivity index (χ1n) is 5.54. The summed E-state index contributed by atoms with van der Waals surface area (Å²) in [5, 5.41) is 8.76. The molecule has 1 heterocycles. The topological polar surface area (TPSA) is 59.4 Å². The monoisotopic (exact) mass is 243 g/mol. The number of carbonyl (C=O) groups is 1. The van der Waals surface area contributed by atoms with E-state index in [1.807, 2.05) is 25.1 Å². The summed E-state index contributed by atoms with van der Waals surface area (Å²) in [6, 6.07) is 12.0. The number of aromatic nitrogens is 1. The van der Waals surface area contributed by atoms with Gasteiger partial charge >= 0.3 is 5.97 Å². The summed E-state index contributed by atoms with van der Waals surface area (Å²) in [5.74, 6) is -0.315. The predicted molar refractivity (Wildman–Crippen MR) is 66.7 cm³/mol. The lowest BCUT2D eigenvalue weighted by molar-refractivity contribution is 0.0697. The molecule has 0 spiro atoms. The standard InChI is InChI=1S/C14H13NO3/c1-10-3-2-4-12(15-10)9-18-13-7-5-11(6-8-13)14(16)17/h2-8H,9H2,1H3,(H,16,17). The quantitative estimate of drug-likeness (QED) is 0.896. The van der Waals surface area contributed by atoms with Crippen LogP contribution >= 0.6 is 0 Å². The fourth-order valence-corrected chi connectivity index (χ4v) is 1.53. The molecule has 18 heavy (non-hydrogen) atoms. The fraction of sp³-hybridized carbons (Fsp3) is 0.143. The molecule has 0 saturated carbocycles. The maximum absolute atomic E-state index is 10.7. The number of ether oxygens (including phenoxy) is 1. The molecular formula is C14H13NO3. The van der Waals surface area contributed by atoms with E-state index in [1.165, 1.54) is 12.1 Å². The highest BCUT2D eigenvalue weighted by atomic mass is 16.5. The third-order valence-electron chi connectivity index (χ3n) is 2.43. The van der Waals surface area contributed by atoms with Gasteiger partial charge in [-0.25, -0.2) is 4.79 Å². The van der Waals surface area contributed by atoms with Crippen LogP contribution in [0.5, 0.6) is 5.75 Å². The van der Waals surface area contributed by atoms with Crippen molar-refractivity contribution < 1.29 is 14.6 Å². The molecule has 0 fully saturated rings. The maximum atomic E-state index is 10.7. The maximum Gasteiger partial charge on any atom is 0.335 e. The molecule has 4 heteroatoms. The van der Waals surface area contributed by atoms with Crippen LogP contribution in [-0.4, -0.2) is 16.1 Å². The normalized spacial score (nSPS) is 10.1. The van der Waals surface area contributed by atoms with Gasteiger partial charge in [-0.05, 0) is 43.3 Å². The average Bonchev–Trinajstić information content (AvgIpc) is 2.37. The second kappa shape index (κ2) is 5.31. The molecule has 0 atom stereocenters. The van der Waals surface area contributed by atoms with Crippen molar-refractivity contribution in [1.82, 2.24) is 4.98 Å². The molecule has 4 nitrogen and oxygen atoms in total. The van der Waals surface area contributed by atoms with Gasteiger partial charge in [0.2, 0.25) is 0 Å². The number of pyridine rings is 1. The predicted octanol–water partition coefficient (Wildman–Crippen LogP) is 2.67. The van der Waals surface area contributed by atoms with E-state index in [0.717, 1.165) is 11.4 Å². The summed E-state index contributed by atoms with van der Waals surface area (Å²) in [7, 11) is 0. The zero-order valence-corrected chi connectivity index (χ0v) is 9.96. The van der Waals surface area contributed by atoms with E-state index >= 15 is 0 Å². The molecule has 0 amide bonds. The molecule has 1 aromatic carbocycles. The van der Waals surface area contributed by atoms with Gasteiger partial charge in [0.15, 0.2) is 0 Å². The van der Waals surface area contributed by atoms with Crippen molar-refractivity contribution in [1.29, 1.82) is 0 Å². The van der Waals surface area contributed by atoms with E-state index in [0.29, 0.717) is 12.4 Å². The van der Waals surface area contributed by atoms with Crippen molar-refractivity contribution in [2.45, 2.75) is 13.5 Å². The van der Waals surface area contributed by atoms with Gasteiger partial charge in [-0.3, -0.25) is 4.98 Å². The Kier molecular flexibility index (Phi) is 3.57. The van der Waals surface area contributed by atoms with Crippen LogP contribution in [0.15, 0.2) is 42.5 Å². The van der Waals surface area contributed by atoms with Crippen molar-refractivity contribution in [3.63, 3.8) is 0 Å². The van der Waals surface area contributed by atoms with Crippen LogP contribution in [-0.2, 0) is 6.61 Å². The molecule has 2 aromatic rings. The zero-order chi connectivity index (χ0) is 13.0. The lowest BCUT2D eigenvalue weighted by Crippen LogP contribution is -2.00. The Morgan fingerprint density at radius 3 is 2.56 bits per heavy atom. The van der Waals surface area contributed by atoms with Gasteiger partial charge in [-0.1, -0.05) is 6.07 Å². The van der Waals surface area contributed by atoms with E-state index in [2.05, 4.69) is 4.98 Å². The van der Waals surface area contributed by atoms with Crippen LogP contribution in [0.2, 0.25) is 0 Å². The average molecular weight is 243 g/mol. The molecule has 1 N–H and O–H groups in total. The minimum atomic E-state index is -0.943. The van der Waals surface area contributed by atoms with Gasteiger partial charge in [-0.2, -0.15) is 0 Å². The van der Waals surface area contributed by atoms with Gasteiger partial charge < -0.3 is 9.84 Å². The lowest BCUT2D eigenvalue weighted by Gasteiger charge is -2.06. The van der Waals surface area contributed by atoms with Crippen LogP contribution in [0.1, 0.15) is 21.7 Å². The minimum absolute atomic E-state index is 0.246. The van der Waals surface area contributed by atoms with Crippen LogP contribution < -0.4 is 4.74 Å². The van der Waals surface area contributed by atoms with Crippen LogP contribution in [0.4, 0.5) is 0 Å².